The number of Topliss-reactive ketones (excluding diaryl/α,β-unsaturated/α-hetero) is 1. The van der Waals surface area contributed by atoms with Crippen LogP contribution in [0.15, 0.2) is 18.2 Å². The van der Waals surface area contributed by atoms with Crippen molar-refractivity contribution in [2.75, 3.05) is 6.61 Å². The number of benzene rings is 1. The van der Waals surface area contributed by atoms with Crippen molar-refractivity contribution in [1.29, 1.82) is 0 Å². The Morgan fingerprint density at radius 1 is 1.35 bits per heavy atom. The summed E-state index contributed by atoms with van der Waals surface area (Å²) in [5, 5.41) is 0. The highest BCUT2D eigenvalue weighted by Crippen LogP contribution is 2.39. The van der Waals surface area contributed by atoms with Crippen LogP contribution in [0.4, 0.5) is 0 Å². The van der Waals surface area contributed by atoms with Crippen molar-refractivity contribution in [1.82, 2.24) is 0 Å². The topological polar surface area (TPSA) is 26.3 Å². The molecule has 1 unspecified atom stereocenters. The van der Waals surface area contributed by atoms with Gasteiger partial charge in [0, 0.05) is 22.5 Å². The molecule has 0 aromatic heterocycles. The van der Waals surface area contributed by atoms with Gasteiger partial charge in [-0.2, -0.15) is 0 Å². The molecule has 0 saturated heterocycles. The van der Waals surface area contributed by atoms with E-state index in [1.807, 2.05) is 12.1 Å². The van der Waals surface area contributed by atoms with Gasteiger partial charge < -0.3 is 4.74 Å². The van der Waals surface area contributed by atoms with Gasteiger partial charge in [-0.1, -0.05) is 40.5 Å². The summed E-state index contributed by atoms with van der Waals surface area (Å²) in [4.78, 5) is 12.7. The van der Waals surface area contributed by atoms with Crippen LogP contribution in [-0.2, 0) is 5.41 Å². The molecule has 20 heavy (non-hydrogen) atoms. The van der Waals surface area contributed by atoms with Crippen molar-refractivity contribution in [3.63, 3.8) is 0 Å². The van der Waals surface area contributed by atoms with E-state index in [0.717, 1.165) is 37.0 Å². The molecule has 2 heteroatoms. The highest BCUT2D eigenvalue weighted by Gasteiger charge is 2.32. The molecular formula is C18H26O2. The summed E-state index contributed by atoms with van der Waals surface area (Å²) in [6.45, 7) is 9.32. The Kier molecular flexibility index (Phi) is 4.52. The molecule has 1 aliphatic rings. The lowest BCUT2D eigenvalue weighted by molar-refractivity contribution is 0.0908. The van der Waals surface area contributed by atoms with Crippen molar-refractivity contribution in [2.24, 2.45) is 5.92 Å². The van der Waals surface area contributed by atoms with Gasteiger partial charge in [0.2, 0.25) is 0 Å². The van der Waals surface area contributed by atoms with Gasteiger partial charge in [-0.25, -0.2) is 0 Å². The maximum Gasteiger partial charge on any atom is 0.165 e. The van der Waals surface area contributed by atoms with Crippen molar-refractivity contribution in [2.45, 2.75) is 58.8 Å². The van der Waals surface area contributed by atoms with Crippen LogP contribution in [0.3, 0.4) is 0 Å². The van der Waals surface area contributed by atoms with Crippen molar-refractivity contribution < 1.29 is 9.53 Å². The molecule has 0 fully saturated rings. The lowest BCUT2D eigenvalue weighted by atomic mass is 9.84. The normalized spacial score (nSPS) is 17.4. The number of ether oxygens (including phenoxy) is 1. The Labute approximate surface area is 122 Å². The Hall–Kier alpha value is -1.31. The first-order valence-electron chi connectivity index (χ1n) is 7.81. The van der Waals surface area contributed by atoms with E-state index in [1.165, 1.54) is 5.56 Å². The van der Waals surface area contributed by atoms with Gasteiger partial charge >= 0.3 is 0 Å². The summed E-state index contributed by atoms with van der Waals surface area (Å²) in [6, 6.07) is 5.94. The van der Waals surface area contributed by atoms with Gasteiger partial charge in [-0.05, 0) is 31.0 Å². The highest BCUT2D eigenvalue weighted by atomic mass is 16.5. The van der Waals surface area contributed by atoms with Crippen LogP contribution in [0.2, 0.25) is 0 Å². The molecule has 0 bridgehead atoms. The Morgan fingerprint density at radius 3 is 2.75 bits per heavy atom. The van der Waals surface area contributed by atoms with Crippen LogP contribution in [0, 0.1) is 5.92 Å². The average molecular weight is 274 g/mol. The number of hydrogen-bond donors (Lipinski definition) is 0. The first-order chi connectivity index (χ1) is 9.49. The fraction of sp³-hybridized carbons (Fsp3) is 0.611. The highest BCUT2D eigenvalue weighted by molar-refractivity contribution is 5.98. The van der Waals surface area contributed by atoms with Crippen molar-refractivity contribution in [3.8, 4) is 5.75 Å². The van der Waals surface area contributed by atoms with E-state index in [-0.39, 0.29) is 11.3 Å². The molecule has 0 N–H and O–H groups in total. The monoisotopic (exact) mass is 274 g/mol. The molecule has 110 valence electrons. The van der Waals surface area contributed by atoms with E-state index < -0.39 is 0 Å². The minimum absolute atomic E-state index is 0.0107. The lowest BCUT2D eigenvalue weighted by Crippen LogP contribution is -2.19. The second kappa shape index (κ2) is 5.99. The zero-order chi connectivity index (χ0) is 14.8. The first kappa shape index (κ1) is 15.1. The maximum atomic E-state index is 12.7. The summed E-state index contributed by atoms with van der Waals surface area (Å²) in [5.41, 5.74) is 2.04. The van der Waals surface area contributed by atoms with Gasteiger partial charge in [-0.15, -0.1) is 0 Å². The molecule has 1 aromatic rings. The number of ketones is 1. The Balaban J connectivity index is 2.23. The fourth-order valence-electron chi connectivity index (χ4n) is 2.88. The summed E-state index contributed by atoms with van der Waals surface area (Å²) >= 11 is 0. The van der Waals surface area contributed by atoms with Crippen LogP contribution in [0.1, 0.15) is 69.3 Å². The van der Waals surface area contributed by atoms with E-state index in [4.69, 9.17) is 4.74 Å². The molecule has 1 aliphatic heterocycles. The molecule has 0 radical (unpaired) electrons. The van der Waals surface area contributed by atoms with E-state index in [2.05, 4.69) is 33.8 Å². The molecule has 0 spiro atoms. The standard InChI is InChI=1S/C18H26O2/c1-5-7-8-13(6-2)17(19)14-9-10-16-15(11-14)18(3,4)12-20-16/h9-11,13H,5-8,12H2,1-4H3. The van der Waals surface area contributed by atoms with Crippen molar-refractivity contribution >= 4 is 5.78 Å². The first-order valence-corrected chi connectivity index (χ1v) is 7.81. The van der Waals surface area contributed by atoms with Gasteiger partial charge in [0.15, 0.2) is 5.78 Å². The predicted octanol–water partition coefficient (Wildman–Crippen LogP) is 4.76. The second-order valence-electron chi connectivity index (χ2n) is 6.50. The number of carbonyl (C=O) groups is 1. The van der Waals surface area contributed by atoms with Crippen LogP contribution < -0.4 is 4.74 Å². The van der Waals surface area contributed by atoms with E-state index in [0.29, 0.717) is 12.4 Å². The largest absolute Gasteiger partial charge is 0.492 e. The van der Waals surface area contributed by atoms with Crippen LogP contribution in [0.25, 0.3) is 0 Å². The second-order valence-corrected chi connectivity index (χ2v) is 6.50. The molecule has 2 nitrogen and oxygen atoms in total. The SMILES string of the molecule is CCCCC(CC)C(=O)c1ccc2c(c1)C(C)(C)CO2. The smallest absolute Gasteiger partial charge is 0.165 e. The fourth-order valence-corrected chi connectivity index (χ4v) is 2.88. The van der Waals surface area contributed by atoms with E-state index >= 15 is 0 Å². The molecule has 1 heterocycles. The molecule has 1 aromatic carbocycles. The quantitative estimate of drug-likeness (QED) is 0.699. The van der Waals surface area contributed by atoms with Gasteiger partial charge in [0.25, 0.3) is 0 Å². The molecule has 0 saturated carbocycles. The van der Waals surface area contributed by atoms with Gasteiger partial charge in [0.1, 0.15) is 5.75 Å². The van der Waals surface area contributed by atoms with Crippen LogP contribution in [-0.4, -0.2) is 12.4 Å². The predicted molar refractivity (Wildman–Crippen MR) is 82.6 cm³/mol. The zero-order valence-electron chi connectivity index (χ0n) is 13.2. The molecule has 2 rings (SSSR count). The minimum Gasteiger partial charge on any atom is -0.492 e. The third-order valence-electron chi connectivity index (χ3n) is 4.35. The van der Waals surface area contributed by atoms with E-state index in [1.54, 1.807) is 0 Å². The van der Waals surface area contributed by atoms with E-state index in [9.17, 15) is 4.79 Å². The molecule has 0 amide bonds. The number of unbranched alkanes of at least 4 members (excludes halogenated alkanes) is 1. The number of hydrogen-bond acceptors (Lipinski definition) is 2. The Morgan fingerprint density at radius 2 is 2.10 bits per heavy atom. The minimum atomic E-state index is 0.0107. The number of rotatable bonds is 6. The number of carbonyl (C=O) groups excluding carboxylic acids is 1. The van der Waals surface area contributed by atoms with Crippen LogP contribution >= 0.6 is 0 Å². The van der Waals surface area contributed by atoms with Crippen molar-refractivity contribution in [3.05, 3.63) is 29.3 Å². The molecule has 1 atom stereocenters. The zero-order valence-corrected chi connectivity index (χ0v) is 13.2. The molecular weight excluding hydrogens is 248 g/mol. The van der Waals surface area contributed by atoms with Crippen LogP contribution in [0.5, 0.6) is 5.75 Å². The van der Waals surface area contributed by atoms with Gasteiger partial charge in [0.05, 0.1) is 6.61 Å². The summed E-state index contributed by atoms with van der Waals surface area (Å²) in [6.07, 6.45) is 4.21. The number of fused-ring (bicyclic) bond motifs is 1. The molecule has 0 aliphatic carbocycles. The summed E-state index contributed by atoms with van der Waals surface area (Å²) in [5.74, 6) is 1.40. The Bertz CT molecular complexity index is 488. The third kappa shape index (κ3) is 2.89. The maximum absolute atomic E-state index is 12.7. The average Bonchev–Trinajstić information content (AvgIpc) is 2.75. The van der Waals surface area contributed by atoms with Gasteiger partial charge in [-0.3, -0.25) is 4.79 Å². The summed E-state index contributed by atoms with van der Waals surface area (Å²) < 4.78 is 5.69. The summed E-state index contributed by atoms with van der Waals surface area (Å²) in [7, 11) is 0. The third-order valence-corrected chi connectivity index (χ3v) is 4.35. The lowest BCUT2D eigenvalue weighted by Gasteiger charge is -2.17.